The summed E-state index contributed by atoms with van der Waals surface area (Å²) in [4.78, 5) is 26.3. The van der Waals surface area contributed by atoms with Crippen LogP contribution in [0.2, 0.25) is 0 Å². The molecule has 2 aromatic heterocycles. The lowest BCUT2D eigenvalue weighted by molar-refractivity contribution is 0.0949. The number of hydrogen-bond acceptors (Lipinski definition) is 6. The quantitative estimate of drug-likeness (QED) is 0.885. The van der Waals surface area contributed by atoms with E-state index < -0.39 is 0 Å². The Bertz CT molecular complexity index is 776. The highest BCUT2D eigenvalue weighted by atomic mass is 16.3. The number of fused-ring (bicyclic) bond motifs is 1. The molecule has 1 amide bonds. The maximum atomic E-state index is 12.9. The fourth-order valence-electron chi connectivity index (χ4n) is 4.07. The number of carbonyl (C=O) groups is 1. The molecule has 0 unspecified atom stereocenters. The first-order valence-electron chi connectivity index (χ1n) is 9.73. The number of anilines is 1. The number of nitrogens with zero attached hydrogens (tertiary/aromatic N) is 4. The van der Waals surface area contributed by atoms with Gasteiger partial charge in [0, 0.05) is 26.2 Å². The molecular weight excluding hydrogens is 330 g/mol. The molecule has 0 bridgehead atoms. The van der Waals surface area contributed by atoms with Gasteiger partial charge in [0.05, 0.1) is 10.9 Å². The number of likely N-dealkylation sites (tertiary alicyclic amines) is 1. The molecule has 0 atom stereocenters. The van der Waals surface area contributed by atoms with Crippen molar-refractivity contribution >= 4 is 22.8 Å². The van der Waals surface area contributed by atoms with E-state index in [0.29, 0.717) is 23.6 Å². The van der Waals surface area contributed by atoms with Gasteiger partial charge in [-0.15, -0.1) is 0 Å². The summed E-state index contributed by atoms with van der Waals surface area (Å²) in [6.45, 7) is 7.58. The first-order valence-corrected chi connectivity index (χ1v) is 9.73. The topological polar surface area (TPSA) is 74.5 Å². The molecule has 1 N–H and O–H groups in total. The van der Waals surface area contributed by atoms with E-state index in [0.717, 1.165) is 56.8 Å². The van der Waals surface area contributed by atoms with Gasteiger partial charge in [0.2, 0.25) is 5.71 Å². The van der Waals surface area contributed by atoms with Gasteiger partial charge in [-0.2, -0.15) is 0 Å². The van der Waals surface area contributed by atoms with Crippen molar-refractivity contribution in [2.24, 2.45) is 0 Å². The second-order valence-corrected chi connectivity index (χ2v) is 7.26. The highest BCUT2D eigenvalue weighted by Gasteiger charge is 2.25. The first kappa shape index (κ1) is 17.3. The average Bonchev–Trinajstić information content (AvgIpc) is 3.28. The van der Waals surface area contributed by atoms with Gasteiger partial charge in [-0.05, 0) is 52.1 Å². The van der Waals surface area contributed by atoms with Crippen LogP contribution in [0.3, 0.4) is 0 Å². The fourth-order valence-corrected chi connectivity index (χ4v) is 4.07. The number of carbonyl (C=O) groups excluding carboxylic acids is 1. The largest absolute Gasteiger partial charge is 0.442 e. The van der Waals surface area contributed by atoms with E-state index in [1.165, 1.54) is 25.6 Å². The predicted octanol–water partition coefficient (Wildman–Crippen LogP) is 2.35. The van der Waals surface area contributed by atoms with Crippen LogP contribution in [-0.4, -0.2) is 60.0 Å². The normalized spacial score (nSPS) is 18.6. The molecule has 140 valence electrons. The van der Waals surface area contributed by atoms with E-state index in [4.69, 9.17) is 4.42 Å². The van der Waals surface area contributed by atoms with Crippen molar-refractivity contribution in [1.82, 2.24) is 20.2 Å². The first-order chi connectivity index (χ1) is 12.7. The predicted molar refractivity (Wildman–Crippen MR) is 101 cm³/mol. The summed E-state index contributed by atoms with van der Waals surface area (Å²) >= 11 is 0. The SMILES string of the molecule is Cc1oc2ncnc(N3CCCCC3)c2c1C(=O)NCCN1CCCC1. The zero-order valence-electron chi connectivity index (χ0n) is 15.5. The third-order valence-electron chi connectivity index (χ3n) is 5.44. The monoisotopic (exact) mass is 357 g/mol. The molecule has 2 saturated heterocycles. The van der Waals surface area contributed by atoms with Crippen molar-refractivity contribution < 1.29 is 9.21 Å². The van der Waals surface area contributed by atoms with Crippen LogP contribution in [0, 0.1) is 6.92 Å². The minimum Gasteiger partial charge on any atom is -0.442 e. The molecule has 0 radical (unpaired) electrons. The maximum Gasteiger partial charge on any atom is 0.255 e. The van der Waals surface area contributed by atoms with E-state index in [1.807, 2.05) is 6.92 Å². The van der Waals surface area contributed by atoms with E-state index in [9.17, 15) is 4.79 Å². The van der Waals surface area contributed by atoms with Crippen LogP contribution in [0.1, 0.15) is 48.2 Å². The van der Waals surface area contributed by atoms with Gasteiger partial charge in [0.15, 0.2) is 0 Å². The zero-order valence-corrected chi connectivity index (χ0v) is 15.5. The summed E-state index contributed by atoms with van der Waals surface area (Å²) < 4.78 is 5.78. The fraction of sp³-hybridized carbons (Fsp3) is 0.632. The molecule has 26 heavy (non-hydrogen) atoms. The van der Waals surface area contributed by atoms with E-state index in [1.54, 1.807) is 0 Å². The van der Waals surface area contributed by atoms with Gasteiger partial charge in [0.25, 0.3) is 5.91 Å². The molecule has 2 aliphatic heterocycles. The molecule has 0 saturated carbocycles. The van der Waals surface area contributed by atoms with Crippen molar-refractivity contribution in [3.63, 3.8) is 0 Å². The number of rotatable bonds is 5. The summed E-state index contributed by atoms with van der Waals surface area (Å²) in [5, 5.41) is 3.82. The minimum absolute atomic E-state index is 0.0893. The summed E-state index contributed by atoms with van der Waals surface area (Å²) in [6.07, 6.45) is 7.61. The van der Waals surface area contributed by atoms with E-state index in [-0.39, 0.29) is 5.91 Å². The molecule has 7 nitrogen and oxygen atoms in total. The van der Waals surface area contributed by atoms with Gasteiger partial charge in [0.1, 0.15) is 17.9 Å². The van der Waals surface area contributed by atoms with Crippen molar-refractivity contribution in [3.8, 4) is 0 Å². The summed E-state index contributed by atoms with van der Waals surface area (Å²) in [5.41, 5.74) is 1.09. The lowest BCUT2D eigenvalue weighted by atomic mass is 10.1. The van der Waals surface area contributed by atoms with Crippen molar-refractivity contribution in [1.29, 1.82) is 0 Å². The molecule has 7 heteroatoms. The van der Waals surface area contributed by atoms with Crippen molar-refractivity contribution in [3.05, 3.63) is 17.7 Å². The number of piperidine rings is 1. The Morgan fingerprint density at radius 3 is 2.62 bits per heavy atom. The second-order valence-electron chi connectivity index (χ2n) is 7.26. The molecule has 0 aliphatic carbocycles. The second kappa shape index (κ2) is 7.61. The highest BCUT2D eigenvalue weighted by Crippen LogP contribution is 2.32. The standard InChI is InChI=1S/C19H27N5O2/c1-14-15(18(25)20-7-12-23-8-5-6-9-23)16-17(21-13-22-19(16)26-14)24-10-3-2-4-11-24/h13H,2-12H2,1H3,(H,20,25). The number of amides is 1. The van der Waals surface area contributed by atoms with Gasteiger partial charge >= 0.3 is 0 Å². The summed E-state index contributed by atoms with van der Waals surface area (Å²) in [5.74, 6) is 1.35. The number of aryl methyl sites for hydroxylation is 1. The molecule has 0 aromatic carbocycles. The Labute approximate surface area is 153 Å². The third-order valence-corrected chi connectivity index (χ3v) is 5.44. The molecule has 0 spiro atoms. The molecule has 2 aromatic rings. The van der Waals surface area contributed by atoms with Crippen molar-refractivity contribution in [2.75, 3.05) is 44.2 Å². The Kier molecular flexibility index (Phi) is 5.06. The van der Waals surface area contributed by atoms with Gasteiger partial charge in [-0.3, -0.25) is 4.79 Å². The Balaban J connectivity index is 1.56. The lowest BCUT2D eigenvalue weighted by Gasteiger charge is -2.28. The highest BCUT2D eigenvalue weighted by molar-refractivity contribution is 6.10. The maximum absolute atomic E-state index is 12.9. The minimum atomic E-state index is -0.0893. The average molecular weight is 357 g/mol. The van der Waals surface area contributed by atoms with Crippen LogP contribution < -0.4 is 10.2 Å². The van der Waals surface area contributed by atoms with Crippen LogP contribution in [0.15, 0.2) is 10.7 Å². The molecule has 2 aliphatic rings. The van der Waals surface area contributed by atoms with Crippen LogP contribution >= 0.6 is 0 Å². The van der Waals surface area contributed by atoms with Gasteiger partial charge in [-0.25, -0.2) is 9.97 Å². The number of hydrogen-bond donors (Lipinski definition) is 1. The van der Waals surface area contributed by atoms with Gasteiger partial charge < -0.3 is 19.5 Å². The number of nitrogens with one attached hydrogen (secondary N) is 1. The third kappa shape index (κ3) is 3.40. The number of furan rings is 1. The summed E-state index contributed by atoms with van der Waals surface area (Å²) in [7, 11) is 0. The Morgan fingerprint density at radius 2 is 1.85 bits per heavy atom. The lowest BCUT2D eigenvalue weighted by Crippen LogP contribution is -2.34. The van der Waals surface area contributed by atoms with E-state index in [2.05, 4.69) is 25.1 Å². The van der Waals surface area contributed by atoms with Gasteiger partial charge in [-0.1, -0.05) is 0 Å². The van der Waals surface area contributed by atoms with Crippen LogP contribution in [0.5, 0.6) is 0 Å². The Hall–Kier alpha value is -2.15. The molecule has 4 rings (SSSR count). The van der Waals surface area contributed by atoms with Crippen molar-refractivity contribution in [2.45, 2.75) is 39.0 Å². The molecule has 4 heterocycles. The van der Waals surface area contributed by atoms with Crippen LogP contribution in [0.4, 0.5) is 5.82 Å². The summed E-state index contributed by atoms with van der Waals surface area (Å²) in [6, 6.07) is 0. The molecular formula is C19H27N5O2. The Morgan fingerprint density at radius 1 is 1.12 bits per heavy atom. The van der Waals surface area contributed by atoms with Crippen LogP contribution in [0.25, 0.3) is 11.1 Å². The molecule has 2 fully saturated rings. The zero-order chi connectivity index (χ0) is 17.9. The van der Waals surface area contributed by atoms with E-state index >= 15 is 0 Å². The smallest absolute Gasteiger partial charge is 0.255 e. The van der Waals surface area contributed by atoms with Crippen LogP contribution in [-0.2, 0) is 0 Å². The number of aromatic nitrogens is 2.